The Bertz CT molecular complexity index is 952. The summed E-state index contributed by atoms with van der Waals surface area (Å²) in [6, 6.07) is 15.0. The Morgan fingerprint density at radius 1 is 1.11 bits per heavy atom. The quantitative estimate of drug-likeness (QED) is 0.781. The molecule has 2 aromatic rings. The Kier molecular flexibility index (Phi) is 5.84. The highest BCUT2D eigenvalue weighted by molar-refractivity contribution is 8.18. The highest BCUT2D eigenvalue weighted by Crippen LogP contribution is 2.32. The van der Waals surface area contributed by atoms with Crippen molar-refractivity contribution in [2.45, 2.75) is 6.92 Å². The van der Waals surface area contributed by atoms with Crippen LogP contribution in [0.4, 0.5) is 16.2 Å². The third-order valence-corrected chi connectivity index (χ3v) is 5.21. The number of amides is 3. The number of nitrogens with one attached hydrogen (secondary N) is 1. The van der Waals surface area contributed by atoms with Gasteiger partial charge in [0.25, 0.3) is 11.1 Å². The number of hydrogen-bond donors (Lipinski definition) is 1. The molecule has 3 amide bonds. The lowest BCUT2D eigenvalue weighted by Gasteiger charge is -2.13. The number of carbonyl (C=O) groups excluding carboxylic acids is 3. The van der Waals surface area contributed by atoms with Crippen LogP contribution >= 0.6 is 11.8 Å². The monoisotopic (exact) mass is 395 g/mol. The third-order valence-electron chi connectivity index (χ3n) is 4.30. The number of para-hydroxylation sites is 1. The number of benzene rings is 2. The van der Waals surface area contributed by atoms with Crippen LogP contribution in [0.1, 0.15) is 11.1 Å². The molecule has 144 valence electrons. The van der Waals surface area contributed by atoms with Gasteiger partial charge in [-0.1, -0.05) is 30.3 Å². The van der Waals surface area contributed by atoms with E-state index >= 15 is 0 Å². The standard InChI is InChI=1S/C21H21N3O3S/c1-14-6-4-5-7-17(14)22-19(25)13-24-20(26)18(28-21(24)27)12-15-8-10-16(11-9-15)23(2)3/h4-12H,13H2,1-3H3,(H,22,25)/b18-12+. The van der Waals surface area contributed by atoms with Crippen LogP contribution in [-0.4, -0.2) is 42.6 Å². The van der Waals surface area contributed by atoms with E-state index in [-0.39, 0.29) is 6.54 Å². The first-order chi connectivity index (χ1) is 13.3. The first kappa shape index (κ1) is 19.7. The number of anilines is 2. The van der Waals surface area contributed by atoms with Gasteiger partial charge >= 0.3 is 0 Å². The van der Waals surface area contributed by atoms with Crippen molar-refractivity contribution in [1.29, 1.82) is 0 Å². The van der Waals surface area contributed by atoms with Gasteiger partial charge in [0, 0.05) is 25.5 Å². The van der Waals surface area contributed by atoms with Crippen LogP contribution in [0.3, 0.4) is 0 Å². The number of hydrogen-bond acceptors (Lipinski definition) is 5. The molecule has 0 unspecified atom stereocenters. The summed E-state index contributed by atoms with van der Waals surface area (Å²) in [5.74, 6) is -0.861. The molecular formula is C21H21N3O3S. The lowest BCUT2D eigenvalue weighted by atomic mass is 10.2. The zero-order valence-corrected chi connectivity index (χ0v) is 16.7. The summed E-state index contributed by atoms with van der Waals surface area (Å²) in [5, 5.41) is 2.30. The van der Waals surface area contributed by atoms with Crippen molar-refractivity contribution in [1.82, 2.24) is 4.90 Å². The molecule has 0 bridgehead atoms. The summed E-state index contributed by atoms with van der Waals surface area (Å²) in [5.41, 5.74) is 3.43. The lowest BCUT2D eigenvalue weighted by molar-refractivity contribution is -0.127. The van der Waals surface area contributed by atoms with E-state index in [0.29, 0.717) is 10.6 Å². The maximum atomic E-state index is 12.6. The molecule has 0 aromatic heterocycles. The van der Waals surface area contributed by atoms with Crippen LogP contribution in [0.5, 0.6) is 0 Å². The number of rotatable bonds is 5. The van der Waals surface area contributed by atoms with Gasteiger partial charge in [0.2, 0.25) is 5.91 Å². The van der Waals surface area contributed by atoms with Gasteiger partial charge in [0.15, 0.2) is 0 Å². The molecule has 1 saturated heterocycles. The van der Waals surface area contributed by atoms with Crippen LogP contribution in [0.15, 0.2) is 53.4 Å². The van der Waals surface area contributed by atoms with E-state index < -0.39 is 17.1 Å². The predicted octanol–water partition coefficient (Wildman–Crippen LogP) is 3.74. The predicted molar refractivity (Wildman–Crippen MR) is 113 cm³/mol. The SMILES string of the molecule is Cc1ccccc1NC(=O)CN1C(=O)S/C(=C/c2ccc(N(C)C)cc2)C1=O. The van der Waals surface area contributed by atoms with Crippen molar-refractivity contribution in [3.05, 3.63) is 64.6 Å². The van der Waals surface area contributed by atoms with Gasteiger partial charge in [-0.15, -0.1) is 0 Å². The molecule has 0 atom stereocenters. The van der Waals surface area contributed by atoms with Crippen molar-refractivity contribution in [3.63, 3.8) is 0 Å². The molecule has 0 aliphatic carbocycles. The van der Waals surface area contributed by atoms with Crippen LogP contribution in [0.25, 0.3) is 6.08 Å². The summed E-state index contributed by atoms with van der Waals surface area (Å²) in [7, 11) is 3.89. The Morgan fingerprint density at radius 3 is 2.43 bits per heavy atom. The second-order valence-electron chi connectivity index (χ2n) is 6.62. The van der Waals surface area contributed by atoms with E-state index in [1.807, 2.05) is 68.4 Å². The third kappa shape index (κ3) is 4.43. The van der Waals surface area contributed by atoms with E-state index in [9.17, 15) is 14.4 Å². The molecule has 6 nitrogen and oxygen atoms in total. The highest BCUT2D eigenvalue weighted by atomic mass is 32.2. The fourth-order valence-electron chi connectivity index (χ4n) is 2.70. The molecule has 7 heteroatoms. The zero-order chi connectivity index (χ0) is 20.3. The smallest absolute Gasteiger partial charge is 0.294 e. The molecule has 2 aromatic carbocycles. The van der Waals surface area contributed by atoms with Crippen LogP contribution in [-0.2, 0) is 9.59 Å². The molecule has 0 saturated carbocycles. The summed E-state index contributed by atoms with van der Waals surface area (Å²) in [4.78, 5) is 40.3. The van der Waals surface area contributed by atoms with Gasteiger partial charge in [-0.25, -0.2) is 0 Å². The Hall–Kier alpha value is -3.06. The van der Waals surface area contributed by atoms with Crippen molar-refractivity contribution in [3.8, 4) is 0 Å². The maximum Gasteiger partial charge on any atom is 0.294 e. The van der Waals surface area contributed by atoms with E-state index in [1.54, 1.807) is 12.1 Å². The minimum atomic E-state index is -0.452. The van der Waals surface area contributed by atoms with Crippen molar-refractivity contribution >= 4 is 46.3 Å². The second kappa shape index (κ2) is 8.31. The number of aryl methyl sites for hydroxylation is 1. The minimum Gasteiger partial charge on any atom is -0.378 e. The van der Waals surface area contributed by atoms with Gasteiger partial charge < -0.3 is 10.2 Å². The number of nitrogens with zero attached hydrogens (tertiary/aromatic N) is 2. The van der Waals surface area contributed by atoms with E-state index in [4.69, 9.17) is 0 Å². The first-order valence-corrected chi connectivity index (χ1v) is 9.55. The first-order valence-electron chi connectivity index (χ1n) is 8.73. The zero-order valence-electron chi connectivity index (χ0n) is 15.9. The van der Waals surface area contributed by atoms with E-state index in [0.717, 1.165) is 33.5 Å². The molecule has 1 aliphatic heterocycles. The summed E-state index contributed by atoms with van der Waals surface area (Å²) in [6.07, 6.45) is 1.67. The fraction of sp³-hybridized carbons (Fsp3) is 0.190. The number of imide groups is 1. The average molecular weight is 395 g/mol. The molecule has 1 N–H and O–H groups in total. The van der Waals surface area contributed by atoms with E-state index in [2.05, 4.69) is 5.32 Å². The van der Waals surface area contributed by atoms with Gasteiger partial charge in [-0.2, -0.15) is 0 Å². The van der Waals surface area contributed by atoms with Crippen LogP contribution in [0.2, 0.25) is 0 Å². The average Bonchev–Trinajstić information content (AvgIpc) is 2.91. The molecule has 3 rings (SSSR count). The molecule has 0 radical (unpaired) electrons. The van der Waals surface area contributed by atoms with Crippen LogP contribution < -0.4 is 10.2 Å². The number of carbonyl (C=O) groups is 3. The number of thioether (sulfide) groups is 1. The fourth-order valence-corrected chi connectivity index (χ4v) is 3.54. The summed E-state index contributed by atoms with van der Waals surface area (Å²) < 4.78 is 0. The van der Waals surface area contributed by atoms with Crippen molar-refractivity contribution in [2.75, 3.05) is 30.9 Å². The van der Waals surface area contributed by atoms with Gasteiger partial charge in [-0.05, 0) is 54.1 Å². The van der Waals surface area contributed by atoms with E-state index in [1.165, 1.54) is 0 Å². The van der Waals surface area contributed by atoms with Gasteiger partial charge in [0.05, 0.1) is 4.91 Å². The Labute approximate surface area is 168 Å². The largest absolute Gasteiger partial charge is 0.378 e. The molecular weight excluding hydrogens is 374 g/mol. The molecule has 1 heterocycles. The summed E-state index contributed by atoms with van der Waals surface area (Å²) in [6.45, 7) is 1.57. The maximum absolute atomic E-state index is 12.6. The van der Waals surface area contributed by atoms with Crippen molar-refractivity contribution in [2.24, 2.45) is 0 Å². The topological polar surface area (TPSA) is 69.7 Å². The van der Waals surface area contributed by atoms with Crippen molar-refractivity contribution < 1.29 is 14.4 Å². The molecule has 1 aliphatic rings. The molecule has 0 spiro atoms. The van der Waals surface area contributed by atoms with Gasteiger partial charge in [0.1, 0.15) is 6.54 Å². The highest BCUT2D eigenvalue weighted by Gasteiger charge is 2.36. The van der Waals surface area contributed by atoms with Gasteiger partial charge in [-0.3, -0.25) is 19.3 Å². The Morgan fingerprint density at radius 2 is 1.79 bits per heavy atom. The normalized spacial score (nSPS) is 15.2. The molecule has 1 fully saturated rings. The second-order valence-corrected chi connectivity index (χ2v) is 7.61. The Balaban J connectivity index is 1.69. The lowest BCUT2D eigenvalue weighted by Crippen LogP contribution is -2.36. The minimum absolute atomic E-state index is 0.310. The summed E-state index contributed by atoms with van der Waals surface area (Å²) >= 11 is 0.847. The van der Waals surface area contributed by atoms with Crippen LogP contribution in [0, 0.1) is 6.92 Å². The molecule has 28 heavy (non-hydrogen) atoms.